The van der Waals surface area contributed by atoms with Gasteiger partial charge in [0.2, 0.25) is 0 Å². The Morgan fingerprint density at radius 1 is 1.29 bits per heavy atom. The van der Waals surface area contributed by atoms with Crippen LogP contribution >= 0.6 is 22.9 Å². The van der Waals surface area contributed by atoms with Gasteiger partial charge in [-0.15, -0.1) is 11.3 Å². The second-order valence-corrected chi connectivity index (χ2v) is 5.81. The molecule has 1 heterocycles. The van der Waals surface area contributed by atoms with Gasteiger partial charge in [-0.05, 0) is 30.3 Å². The second kappa shape index (κ2) is 5.95. The van der Waals surface area contributed by atoms with Gasteiger partial charge in [0.05, 0.1) is 15.5 Å². The average Bonchev–Trinajstić information content (AvgIpc) is 2.81. The van der Waals surface area contributed by atoms with E-state index in [0.29, 0.717) is 15.3 Å². The van der Waals surface area contributed by atoms with Gasteiger partial charge in [0, 0.05) is 4.88 Å². The third kappa shape index (κ3) is 3.89. The Bertz CT molecular complexity index is 667. The van der Waals surface area contributed by atoms with Gasteiger partial charge in [0.1, 0.15) is 12.4 Å². The van der Waals surface area contributed by atoms with Crippen LogP contribution in [0.25, 0.3) is 0 Å². The van der Waals surface area contributed by atoms with Gasteiger partial charge in [-0.1, -0.05) is 11.6 Å². The molecule has 0 atom stereocenters. The molecule has 0 saturated carbocycles. The normalized spacial score (nSPS) is 11.4. The molecule has 1 N–H and O–H groups in total. The molecular weight excluding hydrogens is 329 g/mol. The number of halogens is 4. The minimum Gasteiger partial charge on any atom is -0.487 e. The molecule has 1 aromatic carbocycles. The molecule has 0 amide bonds. The predicted molar refractivity (Wildman–Crippen MR) is 72.1 cm³/mol. The van der Waals surface area contributed by atoms with Crippen LogP contribution in [0.1, 0.15) is 20.8 Å². The highest BCUT2D eigenvalue weighted by atomic mass is 35.5. The molecule has 8 heteroatoms. The minimum atomic E-state index is -4.70. The molecule has 0 aliphatic rings. The van der Waals surface area contributed by atoms with Crippen molar-refractivity contribution >= 4 is 28.9 Å². The third-order valence-corrected chi connectivity index (χ3v) is 3.74. The first kappa shape index (κ1) is 15.7. The van der Waals surface area contributed by atoms with E-state index in [9.17, 15) is 18.0 Å². The van der Waals surface area contributed by atoms with Gasteiger partial charge >= 0.3 is 12.1 Å². The highest BCUT2D eigenvalue weighted by molar-refractivity contribution is 7.16. The summed E-state index contributed by atoms with van der Waals surface area (Å²) in [6.07, 6.45) is -4.70. The van der Waals surface area contributed by atoms with Crippen molar-refractivity contribution in [2.75, 3.05) is 0 Å². The molecule has 0 saturated heterocycles. The van der Waals surface area contributed by atoms with Crippen molar-refractivity contribution in [1.82, 2.24) is 0 Å². The monoisotopic (exact) mass is 336 g/mol. The Hall–Kier alpha value is -1.73. The highest BCUT2D eigenvalue weighted by Gasteiger charge is 2.35. The Kier molecular flexibility index (Phi) is 4.43. The number of carboxylic acids is 1. The number of ether oxygens (including phenoxy) is 1. The minimum absolute atomic E-state index is 0.0765. The number of hydrogen-bond donors (Lipinski definition) is 1. The quantitative estimate of drug-likeness (QED) is 0.880. The van der Waals surface area contributed by atoms with Crippen LogP contribution in [0.15, 0.2) is 30.3 Å². The summed E-state index contributed by atoms with van der Waals surface area (Å²) < 4.78 is 44.4. The SMILES string of the molecule is O=C(O)c1ccc(OCc2ccc(Cl)s2)c(C(F)(F)F)c1. The molecule has 2 rings (SSSR count). The maximum Gasteiger partial charge on any atom is 0.419 e. The zero-order chi connectivity index (χ0) is 15.6. The molecule has 3 nitrogen and oxygen atoms in total. The van der Waals surface area contributed by atoms with Crippen molar-refractivity contribution in [2.24, 2.45) is 0 Å². The van der Waals surface area contributed by atoms with E-state index >= 15 is 0 Å². The predicted octanol–water partition coefficient (Wildman–Crippen LogP) is 4.70. The van der Waals surface area contributed by atoms with Gasteiger partial charge in [-0.2, -0.15) is 13.2 Å². The van der Waals surface area contributed by atoms with Crippen LogP contribution in [0.2, 0.25) is 4.34 Å². The van der Waals surface area contributed by atoms with E-state index in [4.69, 9.17) is 21.4 Å². The van der Waals surface area contributed by atoms with E-state index in [1.54, 1.807) is 12.1 Å². The summed E-state index contributed by atoms with van der Waals surface area (Å²) in [4.78, 5) is 11.4. The van der Waals surface area contributed by atoms with E-state index in [0.717, 1.165) is 12.1 Å². The maximum absolute atomic E-state index is 12.9. The smallest absolute Gasteiger partial charge is 0.419 e. The first-order valence-corrected chi connectivity index (χ1v) is 6.78. The molecule has 0 unspecified atom stereocenters. The molecule has 21 heavy (non-hydrogen) atoms. The van der Waals surface area contributed by atoms with E-state index in [2.05, 4.69) is 0 Å². The molecule has 1 aromatic heterocycles. The highest BCUT2D eigenvalue weighted by Crippen LogP contribution is 2.37. The van der Waals surface area contributed by atoms with Gasteiger partial charge in [0.15, 0.2) is 0 Å². The number of benzene rings is 1. The fraction of sp³-hybridized carbons (Fsp3) is 0.154. The fourth-order valence-electron chi connectivity index (χ4n) is 1.59. The van der Waals surface area contributed by atoms with Crippen LogP contribution in [-0.4, -0.2) is 11.1 Å². The summed E-state index contributed by atoms with van der Waals surface area (Å²) in [5, 5.41) is 8.76. The lowest BCUT2D eigenvalue weighted by molar-refractivity contribution is -0.139. The third-order valence-electron chi connectivity index (χ3n) is 2.53. The molecular formula is C13H8ClF3O3S. The fourth-order valence-corrected chi connectivity index (χ4v) is 2.59. The van der Waals surface area contributed by atoms with Crippen LogP contribution in [0.5, 0.6) is 5.75 Å². The molecule has 0 spiro atoms. The lowest BCUT2D eigenvalue weighted by atomic mass is 10.1. The Labute approximate surface area is 126 Å². The van der Waals surface area contributed by atoms with Gasteiger partial charge in [-0.3, -0.25) is 0 Å². The number of alkyl halides is 3. The summed E-state index contributed by atoms with van der Waals surface area (Å²) in [7, 11) is 0. The van der Waals surface area contributed by atoms with Gasteiger partial charge < -0.3 is 9.84 Å². The van der Waals surface area contributed by atoms with Crippen LogP contribution < -0.4 is 4.74 Å². The van der Waals surface area contributed by atoms with Crippen molar-refractivity contribution in [2.45, 2.75) is 12.8 Å². The number of rotatable bonds is 4. The molecule has 0 radical (unpaired) electrons. The van der Waals surface area contributed by atoms with Gasteiger partial charge in [0.25, 0.3) is 0 Å². The summed E-state index contributed by atoms with van der Waals surface area (Å²) in [5.74, 6) is -1.85. The summed E-state index contributed by atoms with van der Waals surface area (Å²) in [6.45, 7) is -0.0765. The Balaban J connectivity index is 2.27. The molecule has 112 valence electrons. The first-order chi connectivity index (χ1) is 9.77. The van der Waals surface area contributed by atoms with E-state index in [-0.39, 0.29) is 6.61 Å². The Morgan fingerprint density at radius 3 is 2.52 bits per heavy atom. The van der Waals surface area contributed by atoms with Crippen molar-refractivity contribution in [3.8, 4) is 5.75 Å². The number of thiophene rings is 1. The first-order valence-electron chi connectivity index (χ1n) is 5.59. The number of hydrogen-bond acceptors (Lipinski definition) is 3. The van der Waals surface area contributed by atoms with E-state index in [1.165, 1.54) is 11.3 Å². The van der Waals surface area contributed by atoms with E-state index in [1.807, 2.05) is 0 Å². The largest absolute Gasteiger partial charge is 0.487 e. The number of aromatic carboxylic acids is 1. The zero-order valence-corrected chi connectivity index (χ0v) is 11.9. The molecule has 0 aliphatic heterocycles. The van der Waals surface area contributed by atoms with Crippen molar-refractivity contribution in [3.63, 3.8) is 0 Å². The maximum atomic E-state index is 12.9. The molecule has 2 aromatic rings. The van der Waals surface area contributed by atoms with Crippen molar-refractivity contribution < 1.29 is 27.8 Å². The summed E-state index contributed by atoms with van der Waals surface area (Å²) in [6, 6.07) is 5.88. The average molecular weight is 337 g/mol. The standard InChI is InChI=1S/C13H8ClF3O3S/c14-11-4-2-8(21-11)6-20-10-3-1-7(12(18)19)5-9(10)13(15,16)17/h1-5H,6H2,(H,18,19). The van der Waals surface area contributed by atoms with Crippen LogP contribution in [-0.2, 0) is 12.8 Å². The lowest BCUT2D eigenvalue weighted by Gasteiger charge is -2.14. The summed E-state index contributed by atoms with van der Waals surface area (Å²) >= 11 is 6.91. The molecule has 0 bridgehead atoms. The van der Waals surface area contributed by atoms with Crippen molar-refractivity contribution in [3.05, 3.63) is 50.7 Å². The van der Waals surface area contributed by atoms with Crippen LogP contribution in [0.4, 0.5) is 13.2 Å². The molecule has 0 fully saturated rings. The van der Waals surface area contributed by atoms with Gasteiger partial charge in [-0.25, -0.2) is 4.79 Å². The number of carboxylic acid groups (broad SMARTS) is 1. The van der Waals surface area contributed by atoms with E-state index < -0.39 is 29.0 Å². The summed E-state index contributed by atoms with van der Waals surface area (Å²) in [5.41, 5.74) is -1.57. The Morgan fingerprint density at radius 2 is 2.00 bits per heavy atom. The number of carbonyl (C=O) groups is 1. The second-order valence-electron chi connectivity index (χ2n) is 4.01. The van der Waals surface area contributed by atoms with Crippen LogP contribution in [0, 0.1) is 0 Å². The zero-order valence-electron chi connectivity index (χ0n) is 10.3. The van der Waals surface area contributed by atoms with Crippen LogP contribution in [0.3, 0.4) is 0 Å². The van der Waals surface area contributed by atoms with Crippen molar-refractivity contribution in [1.29, 1.82) is 0 Å². The molecule has 0 aliphatic carbocycles. The lowest BCUT2D eigenvalue weighted by Crippen LogP contribution is -2.10. The topological polar surface area (TPSA) is 46.5 Å².